The number of rotatable bonds is 6. The minimum Gasteiger partial charge on any atom is -0.382 e. The van der Waals surface area contributed by atoms with Gasteiger partial charge in [-0.1, -0.05) is 0 Å². The molecular formula is C8H15N5O3S. The fraction of sp³-hybridized carbons (Fsp3) is 0.500. The molecule has 9 heteroatoms. The minimum atomic E-state index is -3.29. The molecule has 0 saturated carbocycles. The monoisotopic (exact) mass is 261 g/mol. The Bertz CT molecular complexity index is 481. The lowest BCUT2D eigenvalue weighted by atomic mass is 10.5. The van der Waals surface area contributed by atoms with Crippen molar-refractivity contribution in [2.24, 2.45) is 0 Å². The minimum absolute atomic E-state index is 0.0107. The van der Waals surface area contributed by atoms with Gasteiger partial charge in [0.15, 0.2) is 0 Å². The third-order valence-corrected chi connectivity index (χ3v) is 3.33. The molecule has 0 spiro atoms. The van der Waals surface area contributed by atoms with Crippen LogP contribution in [0.3, 0.4) is 0 Å². The summed E-state index contributed by atoms with van der Waals surface area (Å²) >= 11 is 0. The SMILES string of the molecule is CNS(=O)(=O)CCNC(=O)Cn1ccc(N)n1. The normalized spacial score (nSPS) is 11.4. The van der Waals surface area contributed by atoms with Crippen LogP contribution in [0.15, 0.2) is 12.3 Å². The maximum absolute atomic E-state index is 11.4. The lowest BCUT2D eigenvalue weighted by Crippen LogP contribution is -2.34. The van der Waals surface area contributed by atoms with Crippen LogP contribution in [0, 0.1) is 0 Å². The molecule has 1 aromatic rings. The summed E-state index contributed by atoms with van der Waals surface area (Å²) in [6, 6.07) is 1.57. The first-order chi connectivity index (χ1) is 7.93. The van der Waals surface area contributed by atoms with Crippen LogP contribution >= 0.6 is 0 Å². The van der Waals surface area contributed by atoms with Crippen molar-refractivity contribution in [2.75, 3.05) is 25.1 Å². The van der Waals surface area contributed by atoms with Crippen LogP contribution in [0.25, 0.3) is 0 Å². The zero-order valence-corrected chi connectivity index (χ0v) is 10.2. The Morgan fingerprint density at radius 2 is 2.29 bits per heavy atom. The molecule has 17 heavy (non-hydrogen) atoms. The Labute approximate surface area is 99.2 Å². The van der Waals surface area contributed by atoms with E-state index >= 15 is 0 Å². The van der Waals surface area contributed by atoms with E-state index in [1.54, 1.807) is 12.3 Å². The summed E-state index contributed by atoms with van der Waals surface area (Å²) in [6.07, 6.45) is 1.57. The van der Waals surface area contributed by atoms with Gasteiger partial charge in [0.05, 0.1) is 5.75 Å². The molecule has 0 radical (unpaired) electrons. The third-order valence-electron chi connectivity index (χ3n) is 1.97. The van der Waals surface area contributed by atoms with Gasteiger partial charge in [-0.2, -0.15) is 5.10 Å². The highest BCUT2D eigenvalue weighted by Crippen LogP contribution is 1.94. The van der Waals surface area contributed by atoms with E-state index in [4.69, 9.17) is 5.73 Å². The molecule has 0 unspecified atom stereocenters. The van der Waals surface area contributed by atoms with Crippen molar-refractivity contribution in [2.45, 2.75) is 6.54 Å². The second-order valence-corrected chi connectivity index (χ2v) is 5.36. The number of carbonyl (C=O) groups is 1. The number of nitrogens with two attached hydrogens (primary N) is 1. The number of nitrogens with zero attached hydrogens (tertiary/aromatic N) is 2. The molecule has 0 aromatic carbocycles. The Balaban J connectivity index is 2.31. The first kappa shape index (κ1) is 13.5. The van der Waals surface area contributed by atoms with Gasteiger partial charge in [-0.05, 0) is 13.1 Å². The molecule has 96 valence electrons. The summed E-state index contributed by atoms with van der Waals surface area (Å²) < 4.78 is 25.6. The number of aromatic nitrogens is 2. The first-order valence-corrected chi connectivity index (χ1v) is 6.55. The van der Waals surface area contributed by atoms with Crippen LogP contribution in [-0.2, 0) is 21.4 Å². The number of hydrogen-bond acceptors (Lipinski definition) is 5. The van der Waals surface area contributed by atoms with Crippen LogP contribution in [0.5, 0.6) is 0 Å². The van der Waals surface area contributed by atoms with Crippen molar-refractivity contribution in [1.82, 2.24) is 19.8 Å². The van der Waals surface area contributed by atoms with Crippen molar-refractivity contribution in [3.63, 3.8) is 0 Å². The van der Waals surface area contributed by atoms with E-state index in [-0.39, 0.29) is 24.7 Å². The lowest BCUT2D eigenvalue weighted by Gasteiger charge is -2.05. The van der Waals surface area contributed by atoms with E-state index in [0.717, 1.165) is 0 Å². The smallest absolute Gasteiger partial charge is 0.241 e. The first-order valence-electron chi connectivity index (χ1n) is 4.90. The molecule has 0 aliphatic rings. The molecular weight excluding hydrogens is 246 g/mol. The highest BCUT2D eigenvalue weighted by atomic mass is 32.2. The Morgan fingerprint density at radius 1 is 1.59 bits per heavy atom. The molecule has 0 fully saturated rings. The van der Waals surface area contributed by atoms with Gasteiger partial charge in [0.1, 0.15) is 12.4 Å². The second kappa shape index (κ2) is 5.64. The molecule has 1 heterocycles. The highest BCUT2D eigenvalue weighted by molar-refractivity contribution is 7.89. The summed E-state index contributed by atoms with van der Waals surface area (Å²) in [4.78, 5) is 11.4. The standard InChI is InChI=1S/C8H15N5O3S/c1-10-17(15,16)5-3-11-8(14)6-13-4-2-7(9)12-13/h2,4,10H,3,5-6H2,1H3,(H2,9,12)(H,11,14). The predicted molar refractivity (Wildman–Crippen MR) is 62.5 cm³/mol. The second-order valence-electron chi connectivity index (χ2n) is 3.31. The van der Waals surface area contributed by atoms with E-state index in [1.165, 1.54) is 11.7 Å². The van der Waals surface area contributed by atoms with Crippen molar-refractivity contribution in [3.05, 3.63) is 12.3 Å². The van der Waals surface area contributed by atoms with Gasteiger partial charge < -0.3 is 11.1 Å². The predicted octanol–water partition coefficient (Wildman–Crippen LogP) is -1.87. The largest absolute Gasteiger partial charge is 0.382 e. The molecule has 0 saturated heterocycles. The van der Waals surface area contributed by atoms with E-state index < -0.39 is 10.0 Å². The average molecular weight is 261 g/mol. The molecule has 1 rings (SSSR count). The number of hydrogen-bond donors (Lipinski definition) is 3. The Hall–Kier alpha value is -1.61. The summed E-state index contributed by atoms with van der Waals surface area (Å²) in [5, 5.41) is 6.30. The maximum atomic E-state index is 11.4. The van der Waals surface area contributed by atoms with Crippen molar-refractivity contribution in [3.8, 4) is 0 Å². The Morgan fingerprint density at radius 3 is 2.82 bits per heavy atom. The van der Waals surface area contributed by atoms with Gasteiger partial charge in [0.2, 0.25) is 15.9 Å². The molecule has 1 amide bonds. The number of sulfonamides is 1. The van der Waals surface area contributed by atoms with E-state index in [0.29, 0.717) is 5.82 Å². The summed E-state index contributed by atoms with van der Waals surface area (Å²) in [6.45, 7) is 0.0650. The highest BCUT2D eigenvalue weighted by Gasteiger charge is 2.08. The third kappa shape index (κ3) is 4.83. The van der Waals surface area contributed by atoms with Crippen molar-refractivity contribution >= 4 is 21.7 Å². The summed E-state index contributed by atoms with van der Waals surface area (Å²) in [5.74, 6) is -0.147. The van der Waals surface area contributed by atoms with Crippen LogP contribution in [0.1, 0.15) is 0 Å². The van der Waals surface area contributed by atoms with E-state index in [1.807, 2.05) is 0 Å². The molecule has 0 aliphatic heterocycles. The number of nitrogens with one attached hydrogen (secondary N) is 2. The van der Waals surface area contributed by atoms with Crippen LogP contribution in [0.4, 0.5) is 5.82 Å². The van der Waals surface area contributed by atoms with Gasteiger partial charge in [-0.25, -0.2) is 13.1 Å². The molecule has 0 aliphatic carbocycles. The topological polar surface area (TPSA) is 119 Å². The fourth-order valence-electron chi connectivity index (χ4n) is 1.10. The zero-order chi connectivity index (χ0) is 12.9. The fourth-order valence-corrected chi connectivity index (χ4v) is 1.67. The number of anilines is 1. The van der Waals surface area contributed by atoms with Crippen molar-refractivity contribution < 1.29 is 13.2 Å². The Kier molecular flexibility index (Phi) is 4.46. The quantitative estimate of drug-likeness (QED) is 0.554. The molecule has 8 nitrogen and oxygen atoms in total. The van der Waals surface area contributed by atoms with Crippen LogP contribution in [-0.4, -0.2) is 43.5 Å². The molecule has 0 bridgehead atoms. The van der Waals surface area contributed by atoms with Gasteiger partial charge in [-0.15, -0.1) is 0 Å². The van der Waals surface area contributed by atoms with E-state index in [9.17, 15) is 13.2 Å². The molecule has 1 aromatic heterocycles. The number of nitrogen functional groups attached to an aromatic ring is 1. The van der Waals surface area contributed by atoms with Crippen LogP contribution < -0.4 is 15.8 Å². The average Bonchev–Trinajstić information content (AvgIpc) is 2.63. The lowest BCUT2D eigenvalue weighted by molar-refractivity contribution is -0.121. The van der Waals surface area contributed by atoms with Gasteiger partial charge in [0, 0.05) is 12.7 Å². The van der Waals surface area contributed by atoms with Gasteiger partial charge in [-0.3, -0.25) is 9.48 Å². The van der Waals surface area contributed by atoms with E-state index in [2.05, 4.69) is 15.1 Å². The van der Waals surface area contributed by atoms with Gasteiger partial charge >= 0.3 is 0 Å². The van der Waals surface area contributed by atoms with Crippen LogP contribution in [0.2, 0.25) is 0 Å². The molecule has 4 N–H and O–H groups in total. The number of carbonyl (C=O) groups excluding carboxylic acids is 1. The zero-order valence-electron chi connectivity index (χ0n) is 9.38. The van der Waals surface area contributed by atoms with Crippen molar-refractivity contribution in [1.29, 1.82) is 0 Å². The maximum Gasteiger partial charge on any atom is 0.241 e. The van der Waals surface area contributed by atoms with Gasteiger partial charge in [0.25, 0.3) is 0 Å². The molecule has 0 atom stereocenters. The summed E-state index contributed by atoms with van der Waals surface area (Å²) in [7, 11) is -1.97. The summed E-state index contributed by atoms with van der Waals surface area (Å²) in [5.41, 5.74) is 5.38. The number of amides is 1.